The first kappa shape index (κ1) is 12.9. The van der Waals surface area contributed by atoms with Crippen LogP contribution in [0.2, 0.25) is 0 Å². The Labute approximate surface area is 97.4 Å². The molecule has 0 aliphatic heterocycles. The molecule has 0 aliphatic rings. The van der Waals surface area contributed by atoms with E-state index in [2.05, 4.69) is 20.8 Å². The van der Waals surface area contributed by atoms with Gasteiger partial charge in [0, 0.05) is 13.0 Å². The van der Waals surface area contributed by atoms with E-state index in [-0.39, 0.29) is 0 Å². The number of hydrogen-bond donors (Lipinski definition) is 3. The first-order valence-electron chi connectivity index (χ1n) is 5.05. The molecule has 17 heavy (non-hydrogen) atoms. The minimum Gasteiger partial charge on any atom is -0.480 e. The Bertz CT molecular complexity index is 403. The molecule has 1 heterocycles. The van der Waals surface area contributed by atoms with E-state index in [1.807, 2.05) is 0 Å². The van der Waals surface area contributed by atoms with Gasteiger partial charge in [0.15, 0.2) is 5.82 Å². The standard InChI is InChI=1S/C9H14N4O4/c1-5(8(14)15)11-9(16)10-4-3-7-12-6(2)13-17-7/h5H,3-4H2,1-2H3,(H,14,15)(H2,10,11,16)/t5-/m1/s1. The minimum absolute atomic E-state index is 0.291. The largest absolute Gasteiger partial charge is 0.480 e. The molecule has 1 rings (SSSR count). The fourth-order valence-corrected chi connectivity index (χ4v) is 1.03. The van der Waals surface area contributed by atoms with Crippen LogP contribution in [0.4, 0.5) is 4.79 Å². The SMILES string of the molecule is Cc1noc(CCNC(=O)N[C@H](C)C(=O)O)n1. The summed E-state index contributed by atoms with van der Waals surface area (Å²) in [4.78, 5) is 25.6. The highest BCUT2D eigenvalue weighted by Crippen LogP contribution is 1.95. The Morgan fingerprint density at radius 1 is 1.53 bits per heavy atom. The van der Waals surface area contributed by atoms with E-state index in [0.717, 1.165) is 0 Å². The molecule has 0 bridgehead atoms. The summed E-state index contributed by atoms with van der Waals surface area (Å²) >= 11 is 0. The van der Waals surface area contributed by atoms with Crippen molar-refractivity contribution in [1.82, 2.24) is 20.8 Å². The van der Waals surface area contributed by atoms with Gasteiger partial charge in [-0.05, 0) is 13.8 Å². The molecule has 0 fully saturated rings. The number of aromatic nitrogens is 2. The average molecular weight is 242 g/mol. The lowest BCUT2D eigenvalue weighted by molar-refractivity contribution is -0.138. The third kappa shape index (κ3) is 4.49. The van der Waals surface area contributed by atoms with Gasteiger partial charge in [0.25, 0.3) is 0 Å². The summed E-state index contributed by atoms with van der Waals surface area (Å²) in [6, 6.07) is -1.48. The normalized spacial score (nSPS) is 11.9. The van der Waals surface area contributed by atoms with Crippen molar-refractivity contribution in [2.45, 2.75) is 26.3 Å². The fraction of sp³-hybridized carbons (Fsp3) is 0.556. The third-order valence-electron chi connectivity index (χ3n) is 1.91. The monoisotopic (exact) mass is 242 g/mol. The summed E-state index contributed by atoms with van der Waals surface area (Å²) < 4.78 is 4.84. The maximum absolute atomic E-state index is 11.2. The first-order valence-corrected chi connectivity index (χ1v) is 5.05. The number of aryl methyl sites for hydroxylation is 1. The molecular formula is C9H14N4O4. The third-order valence-corrected chi connectivity index (χ3v) is 1.91. The Hall–Kier alpha value is -2.12. The van der Waals surface area contributed by atoms with Crippen LogP contribution in [-0.2, 0) is 11.2 Å². The number of carboxylic acid groups (broad SMARTS) is 1. The number of aliphatic carboxylic acids is 1. The lowest BCUT2D eigenvalue weighted by Gasteiger charge is -2.09. The van der Waals surface area contributed by atoms with Crippen LogP contribution in [0.3, 0.4) is 0 Å². The van der Waals surface area contributed by atoms with E-state index in [0.29, 0.717) is 24.7 Å². The molecule has 1 aromatic heterocycles. The van der Waals surface area contributed by atoms with E-state index in [4.69, 9.17) is 9.63 Å². The van der Waals surface area contributed by atoms with Crippen LogP contribution < -0.4 is 10.6 Å². The van der Waals surface area contributed by atoms with Crippen LogP contribution in [0, 0.1) is 6.92 Å². The van der Waals surface area contributed by atoms with Crippen molar-refractivity contribution >= 4 is 12.0 Å². The van der Waals surface area contributed by atoms with E-state index in [1.54, 1.807) is 6.92 Å². The van der Waals surface area contributed by atoms with Gasteiger partial charge in [0.2, 0.25) is 5.89 Å². The van der Waals surface area contributed by atoms with Gasteiger partial charge in [0.1, 0.15) is 6.04 Å². The number of amides is 2. The molecule has 2 amide bonds. The molecule has 0 saturated heterocycles. The molecule has 1 atom stereocenters. The Balaban J connectivity index is 2.22. The van der Waals surface area contributed by atoms with Gasteiger partial charge in [0.05, 0.1) is 0 Å². The van der Waals surface area contributed by atoms with Crippen molar-refractivity contribution in [2.75, 3.05) is 6.54 Å². The molecule has 0 radical (unpaired) electrons. The van der Waals surface area contributed by atoms with Crippen LogP contribution in [-0.4, -0.2) is 39.8 Å². The van der Waals surface area contributed by atoms with Gasteiger partial charge in [-0.1, -0.05) is 5.16 Å². The second kappa shape index (κ2) is 5.83. The molecule has 0 aromatic carbocycles. The van der Waals surface area contributed by atoms with Gasteiger partial charge in [-0.15, -0.1) is 0 Å². The first-order chi connectivity index (χ1) is 7.99. The number of carboxylic acids is 1. The second-order valence-corrected chi connectivity index (χ2v) is 3.45. The highest BCUT2D eigenvalue weighted by atomic mass is 16.5. The number of carbonyl (C=O) groups excluding carboxylic acids is 1. The maximum Gasteiger partial charge on any atom is 0.325 e. The van der Waals surface area contributed by atoms with Crippen molar-refractivity contribution in [3.05, 3.63) is 11.7 Å². The van der Waals surface area contributed by atoms with Crippen LogP contribution in [0.25, 0.3) is 0 Å². The number of carbonyl (C=O) groups is 2. The van der Waals surface area contributed by atoms with Gasteiger partial charge < -0.3 is 20.3 Å². The lowest BCUT2D eigenvalue weighted by Crippen LogP contribution is -2.44. The maximum atomic E-state index is 11.2. The van der Waals surface area contributed by atoms with Crippen molar-refractivity contribution in [3.8, 4) is 0 Å². The molecule has 94 valence electrons. The summed E-state index contributed by atoms with van der Waals surface area (Å²) in [6.45, 7) is 3.37. The number of urea groups is 1. The van der Waals surface area contributed by atoms with Gasteiger partial charge in [-0.3, -0.25) is 4.79 Å². The lowest BCUT2D eigenvalue weighted by atomic mass is 10.3. The molecular weight excluding hydrogens is 228 g/mol. The average Bonchev–Trinajstić information content (AvgIpc) is 2.64. The van der Waals surface area contributed by atoms with Gasteiger partial charge >= 0.3 is 12.0 Å². The predicted molar refractivity (Wildman–Crippen MR) is 56.4 cm³/mol. The van der Waals surface area contributed by atoms with Gasteiger partial charge in [-0.2, -0.15) is 4.98 Å². The number of rotatable bonds is 5. The second-order valence-electron chi connectivity index (χ2n) is 3.45. The van der Waals surface area contributed by atoms with E-state index in [1.165, 1.54) is 6.92 Å². The van der Waals surface area contributed by atoms with Crippen molar-refractivity contribution in [2.24, 2.45) is 0 Å². The van der Waals surface area contributed by atoms with E-state index >= 15 is 0 Å². The summed E-state index contributed by atoms with van der Waals surface area (Å²) in [7, 11) is 0. The van der Waals surface area contributed by atoms with Crippen LogP contribution >= 0.6 is 0 Å². The topological polar surface area (TPSA) is 117 Å². The van der Waals surface area contributed by atoms with Crippen LogP contribution in [0.5, 0.6) is 0 Å². The zero-order valence-electron chi connectivity index (χ0n) is 9.56. The summed E-state index contributed by atoms with van der Waals surface area (Å²) in [5.41, 5.74) is 0. The minimum atomic E-state index is -1.09. The molecule has 0 spiro atoms. The number of nitrogens with one attached hydrogen (secondary N) is 2. The Kier molecular flexibility index (Phi) is 4.44. The van der Waals surface area contributed by atoms with Crippen molar-refractivity contribution < 1.29 is 19.2 Å². The van der Waals surface area contributed by atoms with E-state index in [9.17, 15) is 9.59 Å². The summed E-state index contributed by atoms with van der Waals surface area (Å²) in [5, 5.41) is 16.9. The smallest absolute Gasteiger partial charge is 0.325 e. The fourth-order valence-electron chi connectivity index (χ4n) is 1.03. The molecule has 0 saturated carbocycles. The zero-order chi connectivity index (χ0) is 12.8. The molecule has 8 heteroatoms. The van der Waals surface area contributed by atoms with Crippen LogP contribution in [0.1, 0.15) is 18.6 Å². The highest BCUT2D eigenvalue weighted by molar-refractivity contribution is 5.82. The molecule has 8 nitrogen and oxygen atoms in total. The molecule has 1 aromatic rings. The Morgan fingerprint density at radius 2 is 2.24 bits per heavy atom. The summed E-state index contributed by atoms with van der Waals surface area (Å²) in [5.74, 6) is -0.134. The zero-order valence-corrected chi connectivity index (χ0v) is 9.56. The van der Waals surface area contributed by atoms with E-state index < -0.39 is 18.0 Å². The molecule has 3 N–H and O–H groups in total. The van der Waals surface area contributed by atoms with Crippen molar-refractivity contribution in [3.63, 3.8) is 0 Å². The molecule has 0 aliphatic carbocycles. The highest BCUT2D eigenvalue weighted by Gasteiger charge is 2.13. The van der Waals surface area contributed by atoms with Crippen LogP contribution in [0.15, 0.2) is 4.52 Å². The van der Waals surface area contributed by atoms with Crippen molar-refractivity contribution in [1.29, 1.82) is 0 Å². The predicted octanol–water partition coefficient (Wildman–Crippen LogP) is -0.307. The van der Waals surface area contributed by atoms with Gasteiger partial charge in [-0.25, -0.2) is 4.79 Å². The Morgan fingerprint density at radius 3 is 2.76 bits per heavy atom. The molecule has 0 unspecified atom stereocenters. The number of hydrogen-bond acceptors (Lipinski definition) is 5. The number of nitrogens with zero attached hydrogens (tertiary/aromatic N) is 2. The summed E-state index contributed by atoms with van der Waals surface area (Å²) in [6.07, 6.45) is 0.399. The quantitative estimate of drug-likeness (QED) is 0.652.